The van der Waals surface area contributed by atoms with Gasteiger partial charge in [0.1, 0.15) is 22.0 Å². The lowest BCUT2D eigenvalue weighted by Crippen LogP contribution is -2.51. The molecule has 7 heterocycles. The maximum Gasteiger partial charge on any atom is 0.319 e. The van der Waals surface area contributed by atoms with E-state index in [1.54, 1.807) is 24.6 Å². The molecule has 3 aromatic rings. The minimum Gasteiger partial charge on any atom is -0.467 e. The SMILES string of the molecule is COc1nc(N2CC3CCC(C2)N3)c2c(n1)sc1c(Cl)nccc12.FC1CC2CCCN2C1. The first-order chi connectivity index (χ1) is 16.1. The molecule has 0 saturated carbocycles. The van der Waals surface area contributed by atoms with Crippen LogP contribution in [0.2, 0.25) is 5.15 Å². The average Bonchev–Trinajstić information content (AvgIpc) is 3.56. The second kappa shape index (κ2) is 8.76. The van der Waals surface area contributed by atoms with Gasteiger partial charge in [-0.15, -0.1) is 11.3 Å². The molecule has 2 bridgehead atoms. The van der Waals surface area contributed by atoms with Gasteiger partial charge >= 0.3 is 6.01 Å². The molecule has 4 aliphatic rings. The molecule has 0 aliphatic carbocycles. The summed E-state index contributed by atoms with van der Waals surface area (Å²) in [6.07, 6.45) is 7.01. The number of nitrogens with one attached hydrogen (secondary N) is 1. The van der Waals surface area contributed by atoms with Gasteiger partial charge in [-0.25, -0.2) is 9.37 Å². The van der Waals surface area contributed by atoms with Gasteiger partial charge in [-0.2, -0.15) is 9.97 Å². The molecule has 0 amide bonds. The van der Waals surface area contributed by atoms with E-state index in [9.17, 15) is 4.39 Å². The molecule has 4 saturated heterocycles. The molecule has 7 rings (SSSR count). The monoisotopic (exact) mass is 490 g/mol. The zero-order chi connectivity index (χ0) is 22.5. The van der Waals surface area contributed by atoms with Gasteiger partial charge in [-0.1, -0.05) is 11.6 Å². The Hall–Kier alpha value is -1.81. The first kappa shape index (κ1) is 21.7. The Morgan fingerprint density at radius 3 is 2.76 bits per heavy atom. The lowest BCUT2D eigenvalue weighted by atomic mass is 10.1. The van der Waals surface area contributed by atoms with Gasteiger partial charge in [-0.3, -0.25) is 4.90 Å². The summed E-state index contributed by atoms with van der Waals surface area (Å²) in [4.78, 5) is 19.0. The van der Waals surface area contributed by atoms with Crippen molar-refractivity contribution in [1.82, 2.24) is 25.2 Å². The Bertz CT molecular complexity index is 1150. The molecule has 10 heteroatoms. The van der Waals surface area contributed by atoms with Crippen molar-refractivity contribution in [3.8, 4) is 6.01 Å². The molecule has 33 heavy (non-hydrogen) atoms. The first-order valence-electron chi connectivity index (χ1n) is 11.8. The third-order valence-electron chi connectivity index (χ3n) is 7.32. The van der Waals surface area contributed by atoms with E-state index in [1.807, 2.05) is 6.07 Å². The smallest absolute Gasteiger partial charge is 0.319 e. The number of hydrogen-bond acceptors (Lipinski definition) is 8. The number of hydrogen-bond donors (Lipinski definition) is 1. The number of fused-ring (bicyclic) bond motifs is 6. The fraction of sp³-hybridized carbons (Fsp3) is 0.609. The van der Waals surface area contributed by atoms with Crippen LogP contribution in [0.3, 0.4) is 0 Å². The predicted molar refractivity (Wildman–Crippen MR) is 131 cm³/mol. The molecule has 176 valence electrons. The van der Waals surface area contributed by atoms with Crippen LogP contribution in [0.15, 0.2) is 12.3 Å². The molecule has 3 aromatic heterocycles. The summed E-state index contributed by atoms with van der Waals surface area (Å²) < 4.78 is 18.9. The summed E-state index contributed by atoms with van der Waals surface area (Å²) in [5, 5.41) is 6.30. The van der Waals surface area contributed by atoms with E-state index in [-0.39, 0.29) is 0 Å². The summed E-state index contributed by atoms with van der Waals surface area (Å²) in [5.74, 6) is 0.948. The predicted octanol–water partition coefficient (Wildman–Crippen LogP) is 4.03. The van der Waals surface area contributed by atoms with Gasteiger partial charge in [-0.05, 0) is 44.7 Å². The van der Waals surface area contributed by atoms with Crippen LogP contribution in [0.5, 0.6) is 6.01 Å². The number of alkyl halides is 1. The molecule has 0 aromatic carbocycles. The van der Waals surface area contributed by atoms with Crippen molar-refractivity contribution in [2.75, 3.05) is 38.2 Å². The average molecular weight is 491 g/mol. The van der Waals surface area contributed by atoms with Crippen molar-refractivity contribution in [3.63, 3.8) is 0 Å². The van der Waals surface area contributed by atoms with Gasteiger partial charge in [0, 0.05) is 49.3 Å². The van der Waals surface area contributed by atoms with E-state index in [2.05, 4.69) is 25.1 Å². The van der Waals surface area contributed by atoms with Crippen LogP contribution in [0, 0.1) is 0 Å². The topological polar surface area (TPSA) is 66.4 Å². The lowest BCUT2D eigenvalue weighted by molar-refractivity contribution is 0.292. The second-order valence-corrected chi connectivity index (χ2v) is 10.8. The van der Waals surface area contributed by atoms with Crippen molar-refractivity contribution < 1.29 is 9.13 Å². The molecule has 7 nitrogen and oxygen atoms in total. The molecule has 4 aliphatic heterocycles. The summed E-state index contributed by atoms with van der Waals surface area (Å²) in [6, 6.07) is 4.08. The summed E-state index contributed by atoms with van der Waals surface area (Å²) >= 11 is 7.84. The molecule has 0 radical (unpaired) electrons. The third kappa shape index (κ3) is 4.03. The number of aromatic nitrogens is 3. The number of piperazine rings is 1. The van der Waals surface area contributed by atoms with Crippen LogP contribution in [0.4, 0.5) is 10.2 Å². The zero-order valence-corrected chi connectivity index (χ0v) is 20.2. The largest absolute Gasteiger partial charge is 0.467 e. The third-order valence-corrected chi connectivity index (χ3v) is 8.83. The number of ether oxygens (including phenoxy) is 1. The van der Waals surface area contributed by atoms with Crippen molar-refractivity contribution in [2.24, 2.45) is 0 Å². The number of halogens is 2. The van der Waals surface area contributed by atoms with E-state index in [0.29, 0.717) is 35.8 Å². The van der Waals surface area contributed by atoms with Gasteiger partial charge in [0.05, 0.1) is 17.2 Å². The maximum atomic E-state index is 12.6. The van der Waals surface area contributed by atoms with Crippen LogP contribution in [-0.2, 0) is 0 Å². The highest BCUT2D eigenvalue weighted by Gasteiger charge is 2.35. The minimum absolute atomic E-state index is 0.402. The standard InChI is InChI=1S/C16H16ClN5OS.C7H12FN/c1-23-16-20-14(22-6-8-2-3-9(7-22)19-8)11-10-4-5-18-13(17)12(10)24-15(11)21-16;8-6-4-7-2-1-3-9(7)5-6/h4-5,8-9,19H,2-3,6-7H2,1H3;6-7H,1-5H2. The van der Waals surface area contributed by atoms with Gasteiger partial charge in [0.15, 0.2) is 0 Å². The van der Waals surface area contributed by atoms with Gasteiger partial charge in [0.2, 0.25) is 0 Å². The Kier molecular flexibility index (Phi) is 5.76. The highest BCUT2D eigenvalue weighted by molar-refractivity contribution is 7.26. The molecule has 1 N–H and O–H groups in total. The first-order valence-corrected chi connectivity index (χ1v) is 13.0. The highest BCUT2D eigenvalue weighted by Crippen LogP contribution is 2.41. The second-order valence-electron chi connectivity index (χ2n) is 9.46. The molecular weight excluding hydrogens is 463 g/mol. The lowest BCUT2D eigenvalue weighted by Gasteiger charge is -2.34. The van der Waals surface area contributed by atoms with Crippen LogP contribution in [0.25, 0.3) is 20.3 Å². The number of pyridine rings is 1. The fourth-order valence-electron chi connectivity index (χ4n) is 5.85. The van der Waals surface area contributed by atoms with Crippen molar-refractivity contribution in [1.29, 1.82) is 0 Å². The Morgan fingerprint density at radius 2 is 2.00 bits per heavy atom. The summed E-state index contributed by atoms with van der Waals surface area (Å²) in [5.41, 5.74) is 0. The van der Waals surface area contributed by atoms with Gasteiger partial charge in [0.25, 0.3) is 0 Å². The van der Waals surface area contributed by atoms with E-state index >= 15 is 0 Å². The van der Waals surface area contributed by atoms with Crippen LogP contribution >= 0.6 is 22.9 Å². The number of anilines is 1. The maximum absolute atomic E-state index is 12.6. The minimum atomic E-state index is -0.518. The molecule has 4 fully saturated rings. The Labute approximate surface area is 201 Å². The fourth-order valence-corrected chi connectivity index (χ4v) is 7.16. The Balaban J connectivity index is 0.000000192. The molecule has 0 spiro atoms. The Morgan fingerprint density at radius 1 is 1.18 bits per heavy atom. The van der Waals surface area contributed by atoms with E-state index in [1.165, 1.54) is 25.7 Å². The van der Waals surface area contributed by atoms with Crippen LogP contribution in [-0.4, -0.2) is 77.4 Å². The quantitative estimate of drug-likeness (QED) is 0.544. The normalized spacial score (nSPS) is 28.9. The van der Waals surface area contributed by atoms with Crippen LogP contribution < -0.4 is 15.0 Å². The van der Waals surface area contributed by atoms with E-state index in [4.69, 9.17) is 21.3 Å². The highest BCUT2D eigenvalue weighted by atomic mass is 35.5. The molecule has 4 unspecified atom stereocenters. The number of thiophene rings is 1. The van der Waals surface area contributed by atoms with Crippen LogP contribution in [0.1, 0.15) is 32.1 Å². The summed E-state index contributed by atoms with van der Waals surface area (Å²) in [6.45, 7) is 3.78. The number of rotatable bonds is 2. The van der Waals surface area contributed by atoms with Gasteiger partial charge < -0.3 is 15.0 Å². The molecular formula is C23H28ClFN6OS. The number of methoxy groups -OCH3 is 1. The van der Waals surface area contributed by atoms with Crippen molar-refractivity contribution >= 4 is 49.1 Å². The van der Waals surface area contributed by atoms with Crippen molar-refractivity contribution in [2.45, 2.75) is 56.4 Å². The van der Waals surface area contributed by atoms with E-state index < -0.39 is 6.17 Å². The zero-order valence-electron chi connectivity index (χ0n) is 18.6. The van der Waals surface area contributed by atoms with E-state index in [0.717, 1.165) is 52.2 Å². The number of nitrogens with zero attached hydrogens (tertiary/aromatic N) is 5. The summed E-state index contributed by atoms with van der Waals surface area (Å²) in [7, 11) is 1.61. The van der Waals surface area contributed by atoms with Crippen molar-refractivity contribution in [3.05, 3.63) is 17.4 Å². The molecule has 4 atom stereocenters.